The molecule has 1 fully saturated rings. The second-order valence-electron chi connectivity index (χ2n) is 6.00. The van der Waals surface area contributed by atoms with Crippen LogP contribution in [0.5, 0.6) is 0 Å². The van der Waals surface area contributed by atoms with Gasteiger partial charge in [0.1, 0.15) is 9.57 Å². The molecule has 25 heavy (non-hydrogen) atoms. The summed E-state index contributed by atoms with van der Waals surface area (Å²) in [7, 11) is 0. The third-order valence-corrected chi connectivity index (χ3v) is 5.43. The number of thiocarbonyl (C=S) groups is 1. The predicted octanol–water partition coefficient (Wildman–Crippen LogP) is 4.07. The lowest BCUT2D eigenvalue weighted by Crippen LogP contribution is -2.32. The molecule has 0 spiro atoms. The highest BCUT2D eigenvalue weighted by Crippen LogP contribution is 2.34. The van der Waals surface area contributed by atoms with Gasteiger partial charge in [-0.2, -0.15) is 0 Å². The van der Waals surface area contributed by atoms with Crippen LogP contribution < -0.4 is 10.2 Å². The van der Waals surface area contributed by atoms with Crippen LogP contribution in [-0.2, 0) is 9.59 Å². The molecule has 1 atom stereocenters. The maximum Gasteiger partial charge on any atom is 0.246 e. The average molecular weight is 370 g/mol. The van der Waals surface area contributed by atoms with E-state index in [0.29, 0.717) is 4.32 Å². The highest BCUT2D eigenvalue weighted by Gasteiger charge is 2.38. The van der Waals surface area contributed by atoms with Crippen molar-refractivity contribution in [3.63, 3.8) is 0 Å². The Hall–Kier alpha value is -2.18. The van der Waals surface area contributed by atoms with Crippen molar-refractivity contribution in [2.75, 3.05) is 10.2 Å². The van der Waals surface area contributed by atoms with Crippen molar-refractivity contribution >= 4 is 51.5 Å². The summed E-state index contributed by atoms with van der Waals surface area (Å²) < 4.78 is 0.488. The molecular formula is C19H18N2O2S2. The number of rotatable bonds is 4. The minimum atomic E-state index is -0.487. The topological polar surface area (TPSA) is 49.4 Å². The molecular weight excluding hydrogens is 352 g/mol. The van der Waals surface area contributed by atoms with Crippen LogP contribution in [0.2, 0.25) is 0 Å². The van der Waals surface area contributed by atoms with Gasteiger partial charge in [-0.15, -0.1) is 0 Å². The maximum absolute atomic E-state index is 12.7. The summed E-state index contributed by atoms with van der Waals surface area (Å²) in [5.74, 6) is -0.332. The molecule has 1 N–H and O–H groups in total. The van der Waals surface area contributed by atoms with Crippen LogP contribution in [-0.4, -0.2) is 21.4 Å². The number of thioether (sulfide) groups is 1. The summed E-state index contributed by atoms with van der Waals surface area (Å²) in [6.07, 6.45) is 0.0971. The third-order valence-electron chi connectivity index (χ3n) is 3.92. The first-order valence-electron chi connectivity index (χ1n) is 7.92. The van der Waals surface area contributed by atoms with E-state index in [2.05, 4.69) is 5.32 Å². The number of hydrogen-bond acceptors (Lipinski definition) is 4. The molecule has 1 heterocycles. The predicted molar refractivity (Wildman–Crippen MR) is 107 cm³/mol. The van der Waals surface area contributed by atoms with Gasteiger partial charge in [0, 0.05) is 12.1 Å². The summed E-state index contributed by atoms with van der Waals surface area (Å²) >= 11 is 6.61. The summed E-state index contributed by atoms with van der Waals surface area (Å²) in [6, 6.07) is 15.2. The summed E-state index contributed by atoms with van der Waals surface area (Å²) in [5.41, 5.74) is 3.71. The highest BCUT2D eigenvalue weighted by molar-refractivity contribution is 8.25. The molecule has 2 aromatic carbocycles. The Morgan fingerprint density at radius 1 is 1.08 bits per heavy atom. The monoisotopic (exact) mass is 370 g/mol. The number of amides is 2. The van der Waals surface area contributed by atoms with Crippen LogP contribution in [0.1, 0.15) is 17.5 Å². The molecule has 2 aromatic rings. The molecule has 128 valence electrons. The number of aryl methyl sites for hydroxylation is 2. The standard InChI is InChI=1S/C19H18N2O2S2/c1-12-3-7-14(8-4-12)20-17(22)11-16-18(23)21(19(24)25-16)15-9-5-13(2)6-10-15/h3-10,16H,11H2,1-2H3,(H,20,22). The quantitative estimate of drug-likeness (QED) is 0.825. The smallest absolute Gasteiger partial charge is 0.246 e. The second kappa shape index (κ2) is 7.37. The van der Waals surface area contributed by atoms with Gasteiger partial charge < -0.3 is 5.32 Å². The van der Waals surface area contributed by atoms with E-state index in [0.717, 1.165) is 22.5 Å². The normalized spacial score (nSPS) is 17.0. The van der Waals surface area contributed by atoms with Crippen molar-refractivity contribution in [2.24, 2.45) is 0 Å². The van der Waals surface area contributed by atoms with Crippen molar-refractivity contribution in [3.05, 3.63) is 59.7 Å². The zero-order valence-electron chi connectivity index (χ0n) is 14.0. The molecule has 4 nitrogen and oxygen atoms in total. The van der Waals surface area contributed by atoms with E-state index in [-0.39, 0.29) is 18.2 Å². The van der Waals surface area contributed by atoms with Gasteiger partial charge in [0.2, 0.25) is 11.8 Å². The van der Waals surface area contributed by atoms with Crippen molar-refractivity contribution in [1.29, 1.82) is 0 Å². The van der Waals surface area contributed by atoms with Crippen molar-refractivity contribution in [1.82, 2.24) is 0 Å². The van der Waals surface area contributed by atoms with Crippen LogP contribution in [0.4, 0.5) is 11.4 Å². The Balaban J connectivity index is 1.66. The van der Waals surface area contributed by atoms with Gasteiger partial charge in [-0.05, 0) is 38.1 Å². The van der Waals surface area contributed by atoms with E-state index >= 15 is 0 Å². The van der Waals surface area contributed by atoms with E-state index in [1.165, 1.54) is 16.7 Å². The lowest BCUT2D eigenvalue weighted by atomic mass is 10.2. The Bertz CT molecular complexity index is 816. The fourth-order valence-electron chi connectivity index (χ4n) is 2.53. The van der Waals surface area contributed by atoms with Crippen LogP contribution in [0, 0.1) is 13.8 Å². The Labute approximate surface area is 156 Å². The van der Waals surface area contributed by atoms with E-state index in [4.69, 9.17) is 12.2 Å². The van der Waals surface area contributed by atoms with Gasteiger partial charge in [0.05, 0.1) is 5.69 Å². The molecule has 1 aliphatic heterocycles. The molecule has 1 aliphatic rings. The SMILES string of the molecule is Cc1ccc(NC(=O)CC2SC(=S)N(c3ccc(C)cc3)C2=O)cc1. The van der Waals surface area contributed by atoms with Crippen molar-refractivity contribution < 1.29 is 9.59 Å². The molecule has 6 heteroatoms. The fraction of sp³-hybridized carbons (Fsp3) is 0.211. The molecule has 0 bridgehead atoms. The fourth-order valence-corrected chi connectivity index (χ4v) is 4.06. The van der Waals surface area contributed by atoms with E-state index in [1.807, 2.05) is 62.4 Å². The molecule has 3 rings (SSSR count). The van der Waals surface area contributed by atoms with Crippen LogP contribution in [0.15, 0.2) is 48.5 Å². The first-order valence-corrected chi connectivity index (χ1v) is 9.20. The van der Waals surface area contributed by atoms with Gasteiger partial charge in [-0.1, -0.05) is 59.4 Å². The first-order chi connectivity index (χ1) is 11.9. The van der Waals surface area contributed by atoms with Gasteiger partial charge in [0.15, 0.2) is 0 Å². The number of hydrogen-bond donors (Lipinski definition) is 1. The molecule has 0 saturated carbocycles. The Morgan fingerprint density at radius 2 is 1.64 bits per heavy atom. The van der Waals surface area contributed by atoms with E-state index < -0.39 is 5.25 Å². The van der Waals surface area contributed by atoms with Gasteiger partial charge in [-0.3, -0.25) is 14.5 Å². The molecule has 0 radical (unpaired) electrons. The summed E-state index contributed by atoms with van der Waals surface area (Å²) in [4.78, 5) is 26.4. The molecule has 0 aliphatic carbocycles. The third kappa shape index (κ3) is 4.08. The zero-order chi connectivity index (χ0) is 18.0. The second-order valence-corrected chi connectivity index (χ2v) is 7.84. The lowest BCUT2D eigenvalue weighted by Gasteiger charge is -2.15. The summed E-state index contributed by atoms with van der Waals surface area (Å²) in [5, 5.41) is 2.34. The van der Waals surface area contributed by atoms with Crippen LogP contribution >= 0.6 is 24.0 Å². The highest BCUT2D eigenvalue weighted by atomic mass is 32.2. The van der Waals surface area contributed by atoms with E-state index in [9.17, 15) is 9.59 Å². The van der Waals surface area contributed by atoms with Crippen LogP contribution in [0.25, 0.3) is 0 Å². The van der Waals surface area contributed by atoms with Gasteiger partial charge in [-0.25, -0.2) is 0 Å². The van der Waals surface area contributed by atoms with E-state index in [1.54, 1.807) is 0 Å². The number of carbonyl (C=O) groups is 2. The number of nitrogens with one attached hydrogen (secondary N) is 1. The minimum absolute atomic E-state index is 0.0971. The molecule has 1 saturated heterocycles. The number of carbonyl (C=O) groups excluding carboxylic acids is 2. The molecule has 2 amide bonds. The van der Waals surface area contributed by atoms with Crippen LogP contribution in [0.3, 0.4) is 0 Å². The van der Waals surface area contributed by atoms with Gasteiger partial charge >= 0.3 is 0 Å². The molecule has 0 aromatic heterocycles. The van der Waals surface area contributed by atoms with Gasteiger partial charge in [0.25, 0.3) is 0 Å². The number of anilines is 2. The lowest BCUT2D eigenvalue weighted by molar-refractivity contribution is -0.121. The zero-order valence-corrected chi connectivity index (χ0v) is 15.6. The first kappa shape index (κ1) is 17.6. The Morgan fingerprint density at radius 3 is 2.24 bits per heavy atom. The largest absolute Gasteiger partial charge is 0.326 e. The maximum atomic E-state index is 12.7. The van der Waals surface area contributed by atoms with Crippen molar-refractivity contribution in [3.8, 4) is 0 Å². The average Bonchev–Trinajstić information content (AvgIpc) is 2.84. The number of nitrogens with zero attached hydrogens (tertiary/aromatic N) is 1. The summed E-state index contributed by atoms with van der Waals surface area (Å²) in [6.45, 7) is 3.97. The minimum Gasteiger partial charge on any atom is -0.326 e. The Kier molecular flexibility index (Phi) is 5.20. The number of benzene rings is 2. The van der Waals surface area contributed by atoms with Crippen molar-refractivity contribution in [2.45, 2.75) is 25.5 Å². The molecule has 1 unspecified atom stereocenters.